The second-order valence-corrected chi connectivity index (χ2v) is 6.67. The molecule has 6 heteroatoms. The molecule has 1 aromatic heterocycles. The number of H-pyrrole nitrogens is 1. The average molecular weight is 353 g/mol. The van der Waals surface area contributed by atoms with Gasteiger partial charge < -0.3 is 0 Å². The molecule has 1 atom stereocenters. The van der Waals surface area contributed by atoms with Gasteiger partial charge in [0.05, 0.1) is 0 Å². The number of carbonyl (C=O) groups is 1. The highest BCUT2D eigenvalue weighted by Crippen LogP contribution is 2.36. The first-order valence-electron chi connectivity index (χ1n) is 8.16. The summed E-state index contributed by atoms with van der Waals surface area (Å²) in [6.07, 6.45) is 0.815. The standard InChI is InChI=1S/C19H19N3O2S/c1-2-13-22-18(24)20-21-19(22)25-17(15-11-7-4-8-12-15)16(23)14-9-5-3-6-10-14/h3-12,17H,2,13H2,1H3,(H,20,24)/t17-/m1/s1. The van der Waals surface area contributed by atoms with Crippen LogP contribution in [0.5, 0.6) is 0 Å². The van der Waals surface area contributed by atoms with E-state index in [1.807, 2.05) is 67.6 Å². The highest BCUT2D eigenvalue weighted by atomic mass is 32.2. The molecule has 25 heavy (non-hydrogen) atoms. The van der Waals surface area contributed by atoms with Crippen LogP contribution < -0.4 is 5.69 Å². The van der Waals surface area contributed by atoms with Gasteiger partial charge in [0.1, 0.15) is 5.25 Å². The lowest BCUT2D eigenvalue weighted by Gasteiger charge is -2.16. The average Bonchev–Trinajstić information content (AvgIpc) is 3.01. The van der Waals surface area contributed by atoms with E-state index in [1.54, 1.807) is 4.57 Å². The van der Waals surface area contributed by atoms with Crippen molar-refractivity contribution in [1.82, 2.24) is 14.8 Å². The molecular formula is C19H19N3O2S. The van der Waals surface area contributed by atoms with E-state index in [9.17, 15) is 9.59 Å². The van der Waals surface area contributed by atoms with Gasteiger partial charge in [-0.15, -0.1) is 5.10 Å². The summed E-state index contributed by atoms with van der Waals surface area (Å²) in [4.78, 5) is 25.0. The van der Waals surface area contributed by atoms with Gasteiger partial charge in [-0.05, 0) is 12.0 Å². The molecule has 3 rings (SSSR count). The molecule has 1 heterocycles. The van der Waals surface area contributed by atoms with Gasteiger partial charge in [-0.2, -0.15) is 0 Å². The quantitative estimate of drug-likeness (QED) is 0.519. The molecule has 128 valence electrons. The maximum atomic E-state index is 13.1. The molecule has 1 N–H and O–H groups in total. The second kappa shape index (κ2) is 7.98. The minimum Gasteiger partial charge on any atom is -0.293 e. The van der Waals surface area contributed by atoms with E-state index >= 15 is 0 Å². The van der Waals surface area contributed by atoms with Crippen molar-refractivity contribution < 1.29 is 4.79 Å². The first kappa shape index (κ1) is 17.2. The van der Waals surface area contributed by atoms with Crippen molar-refractivity contribution in [3.05, 3.63) is 82.3 Å². The summed E-state index contributed by atoms with van der Waals surface area (Å²) in [5.41, 5.74) is 1.28. The summed E-state index contributed by atoms with van der Waals surface area (Å²) < 4.78 is 1.58. The SMILES string of the molecule is CCCn1c(S[C@@H](C(=O)c2ccccc2)c2ccccc2)n[nH]c1=O. The van der Waals surface area contributed by atoms with Crippen molar-refractivity contribution >= 4 is 17.5 Å². The summed E-state index contributed by atoms with van der Waals surface area (Å²) >= 11 is 1.30. The number of aromatic nitrogens is 3. The van der Waals surface area contributed by atoms with Gasteiger partial charge in [0, 0.05) is 12.1 Å². The zero-order valence-corrected chi connectivity index (χ0v) is 14.7. The van der Waals surface area contributed by atoms with E-state index < -0.39 is 5.25 Å². The maximum Gasteiger partial charge on any atom is 0.343 e. The first-order chi connectivity index (χ1) is 12.2. The van der Waals surface area contributed by atoms with Crippen LogP contribution in [0.1, 0.15) is 34.5 Å². The predicted octanol–water partition coefficient (Wildman–Crippen LogP) is 3.70. The van der Waals surface area contributed by atoms with Gasteiger partial charge in [-0.3, -0.25) is 9.36 Å². The minimum absolute atomic E-state index is 0.00435. The third kappa shape index (κ3) is 3.91. The Morgan fingerprint density at radius 2 is 1.76 bits per heavy atom. The number of hydrogen-bond donors (Lipinski definition) is 1. The topological polar surface area (TPSA) is 67.8 Å². The number of hydrogen-bond acceptors (Lipinski definition) is 4. The van der Waals surface area contributed by atoms with Gasteiger partial charge in [0.2, 0.25) is 0 Å². The summed E-state index contributed by atoms with van der Waals surface area (Å²) in [6, 6.07) is 18.8. The summed E-state index contributed by atoms with van der Waals surface area (Å²) in [5.74, 6) is -0.00435. The summed E-state index contributed by atoms with van der Waals surface area (Å²) in [6.45, 7) is 2.57. The number of thioether (sulfide) groups is 1. The molecule has 5 nitrogen and oxygen atoms in total. The predicted molar refractivity (Wildman–Crippen MR) is 99.0 cm³/mol. The fourth-order valence-electron chi connectivity index (χ4n) is 2.57. The van der Waals surface area contributed by atoms with Crippen molar-refractivity contribution in [2.75, 3.05) is 0 Å². The van der Waals surface area contributed by atoms with E-state index in [0.29, 0.717) is 17.3 Å². The number of ketones is 1. The van der Waals surface area contributed by atoms with E-state index in [1.165, 1.54) is 11.8 Å². The number of carbonyl (C=O) groups excluding carboxylic acids is 1. The largest absolute Gasteiger partial charge is 0.343 e. The van der Waals surface area contributed by atoms with Crippen molar-refractivity contribution in [2.45, 2.75) is 30.3 Å². The van der Waals surface area contributed by atoms with Crippen molar-refractivity contribution in [2.24, 2.45) is 0 Å². The lowest BCUT2D eigenvalue weighted by Crippen LogP contribution is -2.18. The van der Waals surface area contributed by atoms with Crippen LogP contribution >= 0.6 is 11.8 Å². The third-order valence-electron chi connectivity index (χ3n) is 3.79. The van der Waals surface area contributed by atoms with Crippen LogP contribution in [-0.2, 0) is 6.54 Å². The molecule has 2 aromatic carbocycles. The number of Topliss-reactive ketones (excluding diaryl/α,β-unsaturated/α-hetero) is 1. The summed E-state index contributed by atoms with van der Waals surface area (Å²) in [7, 11) is 0. The van der Waals surface area contributed by atoms with E-state index in [-0.39, 0.29) is 11.5 Å². The molecule has 0 fully saturated rings. The molecule has 0 aliphatic heterocycles. The van der Waals surface area contributed by atoms with Crippen LogP contribution in [0.4, 0.5) is 0 Å². The second-order valence-electron chi connectivity index (χ2n) is 5.60. The molecule has 0 unspecified atom stereocenters. The fraction of sp³-hybridized carbons (Fsp3) is 0.211. The van der Waals surface area contributed by atoms with Crippen molar-refractivity contribution in [3.63, 3.8) is 0 Å². The zero-order valence-electron chi connectivity index (χ0n) is 13.9. The highest BCUT2D eigenvalue weighted by molar-refractivity contribution is 8.00. The Balaban J connectivity index is 1.98. The molecule has 0 bridgehead atoms. The molecule has 0 spiro atoms. The summed E-state index contributed by atoms with van der Waals surface area (Å²) in [5, 5.41) is 6.66. The Morgan fingerprint density at radius 3 is 2.40 bits per heavy atom. The van der Waals surface area contributed by atoms with Crippen molar-refractivity contribution in [3.8, 4) is 0 Å². The Bertz CT molecular complexity index is 888. The normalized spacial score (nSPS) is 12.0. The van der Waals surface area contributed by atoms with Crippen LogP contribution in [0.25, 0.3) is 0 Å². The first-order valence-corrected chi connectivity index (χ1v) is 9.04. The van der Waals surface area contributed by atoms with Crippen LogP contribution in [0.2, 0.25) is 0 Å². The lowest BCUT2D eigenvalue weighted by atomic mass is 10.0. The van der Waals surface area contributed by atoms with Gasteiger partial charge in [-0.25, -0.2) is 9.89 Å². The highest BCUT2D eigenvalue weighted by Gasteiger charge is 2.25. The number of aromatic amines is 1. The van der Waals surface area contributed by atoms with Gasteiger partial charge in [-0.1, -0.05) is 79.3 Å². The maximum absolute atomic E-state index is 13.1. The Labute approximate surface area is 150 Å². The van der Waals surface area contributed by atoms with E-state index in [4.69, 9.17) is 0 Å². The van der Waals surface area contributed by atoms with E-state index in [2.05, 4.69) is 10.2 Å². The van der Waals surface area contributed by atoms with Crippen LogP contribution in [0.3, 0.4) is 0 Å². The molecule has 0 saturated heterocycles. The monoisotopic (exact) mass is 353 g/mol. The Hall–Kier alpha value is -2.60. The third-order valence-corrected chi connectivity index (χ3v) is 5.04. The molecule has 0 radical (unpaired) electrons. The van der Waals surface area contributed by atoms with Crippen LogP contribution in [0.15, 0.2) is 70.6 Å². The van der Waals surface area contributed by atoms with Gasteiger partial charge in [0.15, 0.2) is 10.9 Å². The van der Waals surface area contributed by atoms with Crippen molar-refractivity contribution in [1.29, 1.82) is 0 Å². The molecule has 0 aliphatic carbocycles. The Kier molecular flexibility index (Phi) is 5.50. The fourth-order valence-corrected chi connectivity index (χ4v) is 3.72. The van der Waals surface area contributed by atoms with E-state index in [0.717, 1.165) is 12.0 Å². The molecule has 3 aromatic rings. The minimum atomic E-state index is -0.464. The smallest absolute Gasteiger partial charge is 0.293 e. The molecule has 0 saturated carbocycles. The van der Waals surface area contributed by atoms with Gasteiger partial charge >= 0.3 is 5.69 Å². The van der Waals surface area contributed by atoms with Gasteiger partial charge in [0.25, 0.3) is 0 Å². The van der Waals surface area contributed by atoms with Crippen LogP contribution in [-0.4, -0.2) is 20.5 Å². The number of rotatable bonds is 7. The van der Waals surface area contributed by atoms with Crippen LogP contribution in [0, 0.1) is 0 Å². The zero-order chi connectivity index (χ0) is 17.6. The Morgan fingerprint density at radius 1 is 1.12 bits per heavy atom. The molecule has 0 amide bonds. The number of benzene rings is 2. The number of nitrogens with one attached hydrogen (secondary N) is 1. The number of nitrogens with zero attached hydrogens (tertiary/aromatic N) is 2. The molecule has 0 aliphatic rings. The lowest BCUT2D eigenvalue weighted by molar-refractivity contribution is 0.0989. The molecular weight excluding hydrogens is 334 g/mol.